The average Bonchev–Trinajstić information content (AvgIpc) is 2.42. The van der Waals surface area contributed by atoms with Gasteiger partial charge in [0.15, 0.2) is 5.78 Å². The van der Waals surface area contributed by atoms with Gasteiger partial charge in [-0.15, -0.1) is 0 Å². The molecule has 2 aromatic rings. The summed E-state index contributed by atoms with van der Waals surface area (Å²) in [4.78, 5) is 12.3. The molecule has 0 amide bonds. The third kappa shape index (κ3) is 2.94. The van der Waals surface area contributed by atoms with E-state index in [9.17, 15) is 9.18 Å². The molecule has 2 aromatic carbocycles. The zero-order chi connectivity index (χ0) is 14.7. The van der Waals surface area contributed by atoms with Gasteiger partial charge in [-0.3, -0.25) is 4.79 Å². The molecule has 0 aliphatic heterocycles. The van der Waals surface area contributed by atoms with E-state index in [0.29, 0.717) is 15.6 Å². The van der Waals surface area contributed by atoms with Crippen molar-refractivity contribution < 1.29 is 13.9 Å². The van der Waals surface area contributed by atoms with Crippen LogP contribution in [-0.4, -0.2) is 12.9 Å². The Morgan fingerprint density at radius 2 is 1.75 bits per heavy atom. The van der Waals surface area contributed by atoms with E-state index in [1.54, 1.807) is 18.2 Å². The molecule has 0 saturated heterocycles. The lowest BCUT2D eigenvalue weighted by molar-refractivity contribution is 0.0986. The molecule has 0 aromatic heterocycles. The van der Waals surface area contributed by atoms with Crippen molar-refractivity contribution in [1.29, 1.82) is 0 Å². The van der Waals surface area contributed by atoms with Gasteiger partial charge in [-0.05, 0) is 29.8 Å². The van der Waals surface area contributed by atoms with Gasteiger partial charge in [-0.2, -0.15) is 0 Å². The van der Waals surface area contributed by atoms with Gasteiger partial charge < -0.3 is 4.74 Å². The maximum absolute atomic E-state index is 13.8. The molecule has 104 valence electrons. The lowest BCUT2D eigenvalue weighted by Gasteiger charge is -2.10. The zero-order valence-electron chi connectivity index (χ0n) is 10.6. The summed E-state index contributed by atoms with van der Waals surface area (Å²) in [7, 11) is 1.38. The van der Waals surface area contributed by atoms with Crippen LogP contribution in [0.1, 0.15) is 15.9 Å². The third-order valence-electron chi connectivity index (χ3n) is 2.87. The van der Waals surface area contributed by atoms with Crippen LogP contribution < -0.4 is 4.74 Å². The maximum Gasteiger partial charge on any atom is 0.174 e. The number of carbonyl (C=O) groups excluding carboxylic acids is 1. The standard InChI is InChI=1S/C15H11Cl2FO2/c1-20-14-7-3-6-12(18)15(14)13(19)8-9-10(16)4-2-5-11(9)17/h2-7H,8H2,1H3. The van der Waals surface area contributed by atoms with Gasteiger partial charge in [-0.1, -0.05) is 35.3 Å². The number of ether oxygens (including phenoxy) is 1. The van der Waals surface area contributed by atoms with Crippen LogP contribution >= 0.6 is 23.2 Å². The van der Waals surface area contributed by atoms with E-state index in [4.69, 9.17) is 27.9 Å². The molecular formula is C15H11Cl2FO2. The fraction of sp³-hybridized carbons (Fsp3) is 0.133. The minimum absolute atomic E-state index is 0.0875. The van der Waals surface area contributed by atoms with Crippen molar-refractivity contribution in [3.8, 4) is 5.75 Å². The first kappa shape index (κ1) is 14.8. The van der Waals surface area contributed by atoms with E-state index in [1.807, 2.05) is 0 Å². The SMILES string of the molecule is COc1cccc(F)c1C(=O)Cc1c(Cl)cccc1Cl. The van der Waals surface area contributed by atoms with Crippen molar-refractivity contribution >= 4 is 29.0 Å². The highest BCUT2D eigenvalue weighted by atomic mass is 35.5. The minimum Gasteiger partial charge on any atom is -0.496 e. The van der Waals surface area contributed by atoms with Gasteiger partial charge in [0.25, 0.3) is 0 Å². The number of methoxy groups -OCH3 is 1. The predicted octanol–water partition coefficient (Wildman–Crippen LogP) is 4.57. The van der Waals surface area contributed by atoms with E-state index in [1.165, 1.54) is 25.3 Å². The van der Waals surface area contributed by atoms with E-state index in [-0.39, 0.29) is 17.7 Å². The van der Waals surface area contributed by atoms with Crippen LogP contribution in [0, 0.1) is 5.82 Å². The molecule has 2 rings (SSSR count). The highest BCUT2D eigenvalue weighted by Gasteiger charge is 2.19. The monoisotopic (exact) mass is 312 g/mol. The third-order valence-corrected chi connectivity index (χ3v) is 3.58. The molecule has 20 heavy (non-hydrogen) atoms. The first-order valence-corrected chi connectivity index (χ1v) is 6.58. The normalized spacial score (nSPS) is 10.4. The molecule has 0 bridgehead atoms. The van der Waals surface area contributed by atoms with Crippen LogP contribution in [-0.2, 0) is 6.42 Å². The summed E-state index contributed by atoms with van der Waals surface area (Å²) in [5.41, 5.74) is 0.386. The Balaban J connectivity index is 2.39. The van der Waals surface area contributed by atoms with Crippen molar-refractivity contribution in [3.63, 3.8) is 0 Å². The van der Waals surface area contributed by atoms with Crippen LogP contribution in [0.2, 0.25) is 10.0 Å². The molecule has 0 N–H and O–H groups in total. The second-order valence-corrected chi connectivity index (χ2v) is 4.93. The number of hydrogen-bond donors (Lipinski definition) is 0. The quantitative estimate of drug-likeness (QED) is 0.773. The number of benzene rings is 2. The van der Waals surface area contributed by atoms with E-state index in [0.717, 1.165) is 0 Å². The molecule has 5 heteroatoms. The smallest absolute Gasteiger partial charge is 0.174 e. The Hall–Kier alpha value is -1.58. The fourth-order valence-electron chi connectivity index (χ4n) is 1.90. The van der Waals surface area contributed by atoms with E-state index < -0.39 is 11.6 Å². The lowest BCUT2D eigenvalue weighted by Crippen LogP contribution is -2.09. The zero-order valence-corrected chi connectivity index (χ0v) is 12.1. The van der Waals surface area contributed by atoms with Gasteiger partial charge in [0.05, 0.1) is 12.7 Å². The van der Waals surface area contributed by atoms with Gasteiger partial charge in [0, 0.05) is 16.5 Å². The minimum atomic E-state index is -0.627. The highest BCUT2D eigenvalue weighted by molar-refractivity contribution is 6.36. The topological polar surface area (TPSA) is 26.3 Å². The maximum atomic E-state index is 13.8. The number of rotatable bonds is 4. The molecule has 0 saturated carbocycles. The molecule has 0 fully saturated rings. The lowest BCUT2D eigenvalue weighted by atomic mass is 10.0. The number of carbonyl (C=O) groups is 1. The van der Waals surface area contributed by atoms with Crippen LogP contribution in [0.15, 0.2) is 36.4 Å². The predicted molar refractivity (Wildman–Crippen MR) is 77.4 cm³/mol. The van der Waals surface area contributed by atoms with Crippen LogP contribution in [0.25, 0.3) is 0 Å². The van der Waals surface area contributed by atoms with Gasteiger partial charge in [0.1, 0.15) is 11.6 Å². The molecule has 2 nitrogen and oxygen atoms in total. The Kier molecular flexibility index (Phi) is 4.63. The molecule has 0 aliphatic carbocycles. The molecule has 0 spiro atoms. The summed E-state index contributed by atoms with van der Waals surface area (Å²) in [5.74, 6) is -0.870. The Labute approximate surface area is 126 Å². The van der Waals surface area contributed by atoms with Gasteiger partial charge >= 0.3 is 0 Å². The largest absolute Gasteiger partial charge is 0.496 e. The number of hydrogen-bond acceptors (Lipinski definition) is 2. The fourth-order valence-corrected chi connectivity index (χ4v) is 2.43. The summed E-state index contributed by atoms with van der Waals surface area (Å²) in [5, 5.41) is 0.752. The Morgan fingerprint density at radius 3 is 2.35 bits per heavy atom. The number of ketones is 1. The average molecular weight is 313 g/mol. The second-order valence-electron chi connectivity index (χ2n) is 4.12. The van der Waals surface area contributed by atoms with Crippen LogP contribution in [0.4, 0.5) is 4.39 Å². The molecule has 0 unspecified atom stereocenters. The van der Waals surface area contributed by atoms with Gasteiger partial charge in [0.2, 0.25) is 0 Å². The van der Waals surface area contributed by atoms with Crippen molar-refractivity contribution in [1.82, 2.24) is 0 Å². The molecule has 0 atom stereocenters. The van der Waals surface area contributed by atoms with E-state index >= 15 is 0 Å². The Bertz CT molecular complexity index is 636. The van der Waals surface area contributed by atoms with Gasteiger partial charge in [-0.25, -0.2) is 4.39 Å². The highest BCUT2D eigenvalue weighted by Crippen LogP contribution is 2.28. The first-order valence-electron chi connectivity index (χ1n) is 5.83. The van der Waals surface area contributed by atoms with E-state index in [2.05, 4.69) is 0 Å². The van der Waals surface area contributed by atoms with Crippen molar-refractivity contribution in [2.75, 3.05) is 7.11 Å². The molecule has 0 radical (unpaired) electrons. The summed E-state index contributed by atoms with van der Waals surface area (Å²) in [6.07, 6.45) is -0.0875. The van der Waals surface area contributed by atoms with Crippen molar-refractivity contribution in [2.24, 2.45) is 0 Å². The van der Waals surface area contributed by atoms with Crippen molar-refractivity contribution in [3.05, 3.63) is 63.4 Å². The molecule has 0 heterocycles. The molecular weight excluding hydrogens is 302 g/mol. The first-order chi connectivity index (χ1) is 9.54. The van der Waals surface area contributed by atoms with Crippen LogP contribution in [0.5, 0.6) is 5.75 Å². The molecule has 0 aliphatic rings. The Morgan fingerprint density at radius 1 is 1.15 bits per heavy atom. The number of Topliss-reactive ketones (excluding diaryl/α,β-unsaturated/α-hetero) is 1. The summed E-state index contributed by atoms with van der Waals surface area (Å²) < 4.78 is 18.8. The summed E-state index contributed by atoms with van der Waals surface area (Å²) in [6.45, 7) is 0. The second kappa shape index (κ2) is 6.25. The summed E-state index contributed by atoms with van der Waals surface area (Å²) in [6, 6.07) is 9.17. The van der Waals surface area contributed by atoms with Crippen molar-refractivity contribution in [2.45, 2.75) is 6.42 Å². The van der Waals surface area contributed by atoms with Crippen LogP contribution in [0.3, 0.4) is 0 Å². The summed E-state index contributed by atoms with van der Waals surface area (Å²) >= 11 is 12.0. The number of halogens is 3.